The minimum Gasteiger partial charge on any atom is -0.449 e. The van der Waals surface area contributed by atoms with Crippen LogP contribution < -0.4 is 10.6 Å². The number of carbonyl (C=O) groups excluding carboxylic acids is 2. The zero-order valence-corrected chi connectivity index (χ0v) is 16.5. The molecule has 3 aromatic carbocycles. The smallest absolute Gasteiger partial charge is 0.293 e. The second-order valence-electron chi connectivity index (χ2n) is 6.99. The van der Waals surface area contributed by atoms with E-state index in [1.165, 1.54) is 18.2 Å². The molecule has 0 aliphatic carbocycles. The SMILES string of the molecule is Cc1ccc(C(=O)Nc2c(C(=O)Nc3ccccc3F)oc3ccccc23)cc1C. The lowest BCUT2D eigenvalue weighted by Crippen LogP contribution is -2.17. The van der Waals surface area contributed by atoms with E-state index >= 15 is 0 Å². The summed E-state index contributed by atoms with van der Waals surface area (Å²) >= 11 is 0. The van der Waals surface area contributed by atoms with E-state index in [0.29, 0.717) is 16.5 Å². The van der Waals surface area contributed by atoms with Crippen molar-refractivity contribution in [3.8, 4) is 0 Å². The summed E-state index contributed by atoms with van der Waals surface area (Å²) in [4.78, 5) is 25.7. The number of hydrogen-bond acceptors (Lipinski definition) is 3. The Labute approximate surface area is 172 Å². The molecule has 4 rings (SSSR count). The molecule has 4 aromatic rings. The number of fused-ring (bicyclic) bond motifs is 1. The fourth-order valence-corrected chi connectivity index (χ4v) is 3.14. The number of furan rings is 1. The number of carbonyl (C=O) groups is 2. The van der Waals surface area contributed by atoms with Crippen molar-refractivity contribution in [2.45, 2.75) is 13.8 Å². The second kappa shape index (κ2) is 7.83. The average molecular weight is 402 g/mol. The summed E-state index contributed by atoms with van der Waals surface area (Å²) < 4.78 is 19.7. The Kier molecular flexibility index (Phi) is 5.06. The maximum Gasteiger partial charge on any atom is 0.293 e. The third kappa shape index (κ3) is 3.67. The standard InChI is InChI=1S/C24H19FN2O3/c1-14-11-12-16(13-15(14)2)23(28)27-21-17-7-3-6-10-20(17)30-22(21)24(29)26-19-9-5-4-8-18(19)25/h3-13H,1-2H3,(H,26,29)(H,27,28). The highest BCUT2D eigenvalue weighted by molar-refractivity contribution is 6.16. The largest absolute Gasteiger partial charge is 0.449 e. The van der Waals surface area contributed by atoms with Gasteiger partial charge in [-0.2, -0.15) is 0 Å². The van der Waals surface area contributed by atoms with Gasteiger partial charge in [0, 0.05) is 10.9 Å². The van der Waals surface area contributed by atoms with Crippen LogP contribution in [-0.2, 0) is 0 Å². The lowest BCUT2D eigenvalue weighted by molar-refractivity contribution is 0.0999. The summed E-state index contributed by atoms with van der Waals surface area (Å²) in [6.07, 6.45) is 0. The molecule has 0 aliphatic heterocycles. The van der Waals surface area contributed by atoms with Gasteiger partial charge in [0.05, 0.1) is 5.69 Å². The van der Waals surface area contributed by atoms with E-state index in [1.54, 1.807) is 42.5 Å². The first-order chi connectivity index (χ1) is 14.4. The Balaban J connectivity index is 1.71. The number of anilines is 2. The number of benzene rings is 3. The highest BCUT2D eigenvalue weighted by Gasteiger charge is 2.23. The van der Waals surface area contributed by atoms with Crippen molar-refractivity contribution in [3.05, 3.63) is 95.0 Å². The van der Waals surface area contributed by atoms with E-state index in [2.05, 4.69) is 10.6 Å². The summed E-state index contributed by atoms with van der Waals surface area (Å²) in [5.41, 5.74) is 3.22. The van der Waals surface area contributed by atoms with Gasteiger partial charge in [0.2, 0.25) is 5.76 Å². The predicted octanol–water partition coefficient (Wildman–Crippen LogP) is 5.69. The maximum absolute atomic E-state index is 14.0. The molecule has 1 heterocycles. The highest BCUT2D eigenvalue weighted by atomic mass is 19.1. The monoisotopic (exact) mass is 402 g/mol. The lowest BCUT2D eigenvalue weighted by atomic mass is 10.1. The number of amides is 2. The molecule has 0 unspecified atom stereocenters. The van der Waals surface area contributed by atoms with Crippen LogP contribution in [0.5, 0.6) is 0 Å². The van der Waals surface area contributed by atoms with E-state index in [9.17, 15) is 14.0 Å². The zero-order valence-electron chi connectivity index (χ0n) is 16.5. The van der Waals surface area contributed by atoms with Crippen LogP contribution in [0.4, 0.5) is 15.8 Å². The molecule has 0 bridgehead atoms. The first-order valence-corrected chi connectivity index (χ1v) is 9.40. The van der Waals surface area contributed by atoms with Crippen LogP contribution >= 0.6 is 0 Å². The number of hydrogen-bond donors (Lipinski definition) is 2. The van der Waals surface area contributed by atoms with Crippen molar-refractivity contribution in [1.82, 2.24) is 0 Å². The minimum atomic E-state index is -0.660. The molecule has 0 saturated carbocycles. The van der Waals surface area contributed by atoms with Crippen molar-refractivity contribution in [3.63, 3.8) is 0 Å². The lowest BCUT2D eigenvalue weighted by Gasteiger charge is -2.09. The van der Waals surface area contributed by atoms with E-state index < -0.39 is 11.7 Å². The van der Waals surface area contributed by atoms with Gasteiger partial charge in [0.15, 0.2) is 0 Å². The number of aryl methyl sites for hydroxylation is 2. The Morgan fingerprint density at radius 1 is 0.833 bits per heavy atom. The van der Waals surface area contributed by atoms with Gasteiger partial charge in [-0.25, -0.2) is 4.39 Å². The molecule has 0 aliphatic rings. The quantitative estimate of drug-likeness (QED) is 0.460. The molecule has 6 heteroatoms. The van der Waals surface area contributed by atoms with Gasteiger partial charge in [0.25, 0.3) is 11.8 Å². The molecule has 30 heavy (non-hydrogen) atoms. The zero-order chi connectivity index (χ0) is 21.3. The number of rotatable bonds is 4. The van der Waals surface area contributed by atoms with Gasteiger partial charge in [-0.15, -0.1) is 0 Å². The van der Waals surface area contributed by atoms with Crippen LogP contribution in [0.3, 0.4) is 0 Å². The molecule has 5 nitrogen and oxygen atoms in total. The van der Waals surface area contributed by atoms with Crippen LogP contribution in [0, 0.1) is 19.7 Å². The second-order valence-corrected chi connectivity index (χ2v) is 6.99. The van der Waals surface area contributed by atoms with E-state index in [0.717, 1.165) is 11.1 Å². The molecule has 0 spiro atoms. The third-order valence-corrected chi connectivity index (χ3v) is 4.93. The summed E-state index contributed by atoms with van der Waals surface area (Å²) in [6, 6.07) is 18.2. The molecule has 150 valence electrons. The fraction of sp³-hybridized carbons (Fsp3) is 0.0833. The van der Waals surface area contributed by atoms with Crippen LogP contribution in [0.25, 0.3) is 11.0 Å². The molecule has 0 atom stereocenters. The summed E-state index contributed by atoms with van der Waals surface area (Å²) in [6.45, 7) is 3.89. The van der Waals surface area contributed by atoms with Crippen molar-refractivity contribution in [2.24, 2.45) is 0 Å². The highest BCUT2D eigenvalue weighted by Crippen LogP contribution is 2.32. The Hall–Kier alpha value is -3.93. The van der Waals surface area contributed by atoms with Crippen LogP contribution in [-0.4, -0.2) is 11.8 Å². The van der Waals surface area contributed by atoms with E-state index in [-0.39, 0.29) is 23.0 Å². The third-order valence-electron chi connectivity index (χ3n) is 4.93. The summed E-state index contributed by atoms with van der Waals surface area (Å²) in [5, 5.41) is 5.87. The number of nitrogens with one attached hydrogen (secondary N) is 2. The fourth-order valence-electron chi connectivity index (χ4n) is 3.14. The van der Waals surface area contributed by atoms with Gasteiger partial charge >= 0.3 is 0 Å². The van der Waals surface area contributed by atoms with Gasteiger partial charge in [0.1, 0.15) is 17.1 Å². The van der Waals surface area contributed by atoms with Gasteiger partial charge < -0.3 is 15.1 Å². The van der Waals surface area contributed by atoms with Crippen LogP contribution in [0.1, 0.15) is 32.0 Å². The number of para-hydroxylation sites is 2. The molecule has 0 fully saturated rings. The molecular weight excluding hydrogens is 383 g/mol. The molecule has 2 N–H and O–H groups in total. The van der Waals surface area contributed by atoms with E-state index in [4.69, 9.17) is 4.42 Å². The van der Waals surface area contributed by atoms with Gasteiger partial charge in [-0.1, -0.05) is 30.3 Å². The molecule has 2 amide bonds. The number of halogens is 1. The van der Waals surface area contributed by atoms with Crippen molar-refractivity contribution < 1.29 is 18.4 Å². The summed E-state index contributed by atoms with van der Waals surface area (Å²) in [7, 11) is 0. The summed E-state index contributed by atoms with van der Waals surface area (Å²) in [5.74, 6) is -1.70. The Morgan fingerprint density at radius 2 is 1.57 bits per heavy atom. The van der Waals surface area contributed by atoms with Crippen molar-refractivity contribution in [1.29, 1.82) is 0 Å². The first-order valence-electron chi connectivity index (χ1n) is 9.40. The van der Waals surface area contributed by atoms with Crippen molar-refractivity contribution in [2.75, 3.05) is 10.6 Å². The van der Waals surface area contributed by atoms with Crippen molar-refractivity contribution >= 4 is 34.2 Å². The molecule has 1 aromatic heterocycles. The maximum atomic E-state index is 14.0. The molecule has 0 saturated heterocycles. The topological polar surface area (TPSA) is 71.3 Å². The molecule has 0 radical (unpaired) electrons. The Bertz CT molecular complexity index is 1280. The molecular formula is C24H19FN2O3. The van der Waals surface area contributed by atoms with Gasteiger partial charge in [-0.3, -0.25) is 9.59 Å². The predicted molar refractivity (Wildman–Crippen MR) is 114 cm³/mol. The van der Waals surface area contributed by atoms with Crippen LogP contribution in [0.2, 0.25) is 0 Å². The first kappa shape index (κ1) is 19.4. The van der Waals surface area contributed by atoms with Crippen LogP contribution in [0.15, 0.2) is 71.1 Å². The minimum absolute atomic E-state index is 0.0226. The normalized spacial score (nSPS) is 10.8. The average Bonchev–Trinajstić information content (AvgIpc) is 3.10. The van der Waals surface area contributed by atoms with Gasteiger partial charge in [-0.05, 0) is 61.4 Å². The van der Waals surface area contributed by atoms with E-state index in [1.807, 2.05) is 19.9 Å². The Morgan fingerprint density at radius 3 is 2.33 bits per heavy atom.